The molecule has 2 aliphatic rings. The van der Waals surface area contributed by atoms with Gasteiger partial charge in [-0.3, -0.25) is 0 Å². The molecule has 0 atom stereocenters. The minimum atomic E-state index is 0.960. The zero-order valence-electron chi connectivity index (χ0n) is 8.67. The van der Waals surface area contributed by atoms with E-state index in [2.05, 4.69) is 0 Å². The first-order chi connectivity index (χ1) is 6.45. The Bertz CT molecular complexity index is 116. The lowest BCUT2D eigenvalue weighted by Gasteiger charge is -2.11. The molecule has 1 heteroatoms. The van der Waals surface area contributed by atoms with E-state index in [9.17, 15) is 0 Å². The number of hydrogen-bond donors (Lipinski definition) is 0. The summed E-state index contributed by atoms with van der Waals surface area (Å²) in [5.74, 6) is 1.92. The molecule has 2 fully saturated rings. The van der Waals surface area contributed by atoms with Gasteiger partial charge in [0.2, 0.25) is 0 Å². The van der Waals surface area contributed by atoms with Gasteiger partial charge in [-0.1, -0.05) is 25.7 Å². The molecule has 0 aromatic heterocycles. The molecule has 1 nitrogen and oxygen atoms in total. The molecule has 0 aromatic rings. The Morgan fingerprint density at radius 2 is 1.08 bits per heavy atom. The molecule has 0 amide bonds. The Morgan fingerprint density at radius 1 is 0.692 bits per heavy atom. The molecule has 2 saturated carbocycles. The Morgan fingerprint density at radius 3 is 1.46 bits per heavy atom. The molecule has 0 heterocycles. The summed E-state index contributed by atoms with van der Waals surface area (Å²) >= 11 is 0. The molecule has 2 rings (SSSR count). The van der Waals surface area contributed by atoms with E-state index < -0.39 is 0 Å². The van der Waals surface area contributed by atoms with Gasteiger partial charge >= 0.3 is 0 Å². The van der Waals surface area contributed by atoms with Crippen molar-refractivity contribution in [1.82, 2.24) is 5.32 Å². The van der Waals surface area contributed by atoms with E-state index in [0.717, 1.165) is 11.8 Å². The zero-order valence-corrected chi connectivity index (χ0v) is 8.67. The van der Waals surface area contributed by atoms with E-state index in [1.165, 1.54) is 64.5 Å². The van der Waals surface area contributed by atoms with Crippen molar-refractivity contribution in [2.24, 2.45) is 11.8 Å². The lowest BCUT2D eigenvalue weighted by atomic mass is 10.1. The highest BCUT2D eigenvalue weighted by molar-refractivity contribution is 4.73. The van der Waals surface area contributed by atoms with Crippen molar-refractivity contribution < 1.29 is 0 Å². The highest BCUT2D eigenvalue weighted by Crippen LogP contribution is 2.26. The molecule has 0 aromatic carbocycles. The number of nitrogens with zero attached hydrogens (tertiary/aromatic N) is 1. The second-order valence-electron chi connectivity index (χ2n) is 4.89. The molecule has 13 heavy (non-hydrogen) atoms. The standard InChI is InChI=1S/C12H22N/c1-2-6-11(5-1)9-13-10-12-7-3-4-8-12/h11-12H,1-10H2. The minimum absolute atomic E-state index is 0.960. The summed E-state index contributed by atoms with van der Waals surface area (Å²) in [5, 5.41) is 4.74. The summed E-state index contributed by atoms with van der Waals surface area (Å²) in [7, 11) is 0. The molecule has 0 spiro atoms. The second kappa shape index (κ2) is 4.99. The van der Waals surface area contributed by atoms with Crippen LogP contribution in [0, 0.1) is 11.8 Å². The molecular weight excluding hydrogens is 158 g/mol. The highest BCUT2D eigenvalue weighted by Gasteiger charge is 2.18. The Labute approximate surface area is 82.3 Å². The molecule has 75 valence electrons. The number of rotatable bonds is 4. The van der Waals surface area contributed by atoms with Crippen LogP contribution in [0.4, 0.5) is 0 Å². The van der Waals surface area contributed by atoms with E-state index in [0.29, 0.717) is 0 Å². The zero-order chi connectivity index (χ0) is 8.93. The molecule has 0 saturated heterocycles. The van der Waals surface area contributed by atoms with Crippen LogP contribution in [0.25, 0.3) is 0 Å². The van der Waals surface area contributed by atoms with Crippen molar-refractivity contribution in [3.05, 3.63) is 0 Å². The fourth-order valence-electron chi connectivity index (χ4n) is 2.83. The molecule has 0 aliphatic heterocycles. The Hall–Kier alpha value is -0.0400. The Balaban J connectivity index is 1.52. The van der Waals surface area contributed by atoms with Crippen molar-refractivity contribution in [2.75, 3.05) is 13.1 Å². The highest BCUT2D eigenvalue weighted by atomic mass is 14.9. The van der Waals surface area contributed by atoms with Gasteiger partial charge in [-0.15, -0.1) is 0 Å². The fraction of sp³-hybridized carbons (Fsp3) is 1.00. The Kier molecular flexibility index (Phi) is 3.65. The van der Waals surface area contributed by atoms with Crippen molar-refractivity contribution in [2.45, 2.75) is 51.4 Å². The van der Waals surface area contributed by atoms with E-state index in [-0.39, 0.29) is 0 Å². The molecule has 0 unspecified atom stereocenters. The summed E-state index contributed by atoms with van der Waals surface area (Å²) in [6, 6.07) is 0. The second-order valence-corrected chi connectivity index (χ2v) is 4.89. The molecular formula is C12H22N. The summed E-state index contributed by atoms with van der Waals surface area (Å²) in [6.45, 7) is 2.35. The van der Waals surface area contributed by atoms with Crippen LogP contribution in [0.1, 0.15) is 51.4 Å². The van der Waals surface area contributed by atoms with Gasteiger partial charge in [0.15, 0.2) is 0 Å². The maximum atomic E-state index is 4.74. The van der Waals surface area contributed by atoms with Gasteiger partial charge in [0.1, 0.15) is 0 Å². The summed E-state index contributed by atoms with van der Waals surface area (Å²) in [6.07, 6.45) is 11.7. The predicted molar refractivity (Wildman–Crippen MR) is 55.8 cm³/mol. The van der Waals surface area contributed by atoms with Gasteiger partial charge < -0.3 is 0 Å². The smallest absolute Gasteiger partial charge is 0.0161 e. The topological polar surface area (TPSA) is 14.1 Å². The summed E-state index contributed by atoms with van der Waals surface area (Å²) in [5.41, 5.74) is 0. The first kappa shape index (κ1) is 9.51. The van der Waals surface area contributed by atoms with Crippen LogP contribution in [0.5, 0.6) is 0 Å². The van der Waals surface area contributed by atoms with Crippen LogP contribution in [0.15, 0.2) is 0 Å². The lowest BCUT2D eigenvalue weighted by Crippen LogP contribution is -2.19. The monoisotopic (exact) mass is 180 g/mol. The van der Waals surface area contributed by atoms with Crippen LogP contribution in [-0.2, 0) is 0 Å². The van der Waals surface area contributed by atoms with E-state index in [1.54, 1.807) is 0 Å². The molecule has 0 N–H and O–H groups in total. The average Bonchev–Trinajstić information content (AvgIpc) is 2.75. The third-order valence-corrected chi connectivity index (χ3v) is 3.72. The quantitative estimate of drug-likeness (QED) is 0.631. The van der Waals surface area contributed by atoms with Gasteiger partial charge in [0.25, 0.3) is 0 Å². The minimum Gasteiger partial charge on any atom is -0.241 e. The van der Waals surface area contributed by atoms with E-state index in [4.69, 9.17) is 5.32 Å². The van der Waals surface area contributed by atoms with Crippen LogP contribution in [0.2, 0.25) is 0 Å². The molecule has 2 aliphatic carbocycles. The SMILES string of the molecule is C1CCC(C[N]CC2CCCC2)C1. The predicted octanol–water partition coefficient (Wildman–Crippen LogP) is 2.97. The average molecular weight is 180 g/mol. The normalized spacial score (nSPS) is 25.8. The summed E-state index contributed by atoms with van der Waals surface area (Å²) in [4.78, 5) is 0. The van der Waals surface area contributed by atoms with E-state index >= 15 is 0 Å². The van der Waals surface area contributed by atoms with Crippen LogP contribution in [0.3, 0.4) is 0 Å². The first-order valence-corrected chi connectivity index (χ1v) is 6.08. The van der Waals surface area contributed by atoms with E-state index in [1.807, 2.05) is 0 Å². The lowest BCUT2D eigenvalue weighted by molar-refractivity contribution is 0.427. The van der Waals surface area contributed by atoms with Crippen molar-refractivity contribution in [1.29, 1.82) is 0 Å². The third kappa shape index (κ3) is 2.98. The summed E-state index contributed by atoms with van der Waals surface area (Å²) < 4.78 is 0. The van der Waals surface area contributed by atoms with Crippen molar-refractivity contribution in [3.8, 4) is 0 Å². The maximum absolute atomic E-state index is 4.74. The van der Waals surface area contributed by atoms with Crippen molar-refractivity contribution in [3.63, 3.8) is 0 Å². The van der Waals surface area contributed by atoms with Crippen molar-refractivity contribution >= 4 is 0 Å². The van der Waals surface area contributed by atoms with Gasteiger partial charge in [0, 0.05) is 13.1 Å². The molecule has 1 radical (unpaired) electrons. The molecule has 0 bridgehead atoms. The van der Waals surface area contributed by atoms with Gasteiger partial charge in [-0.25, -0.2) is 5.32 Å². The largest absolute Gasteiger partial charge is 0.241 e. The van der Waals surface area contributed by atoms with Crippen LogP contribution < -0.4 is 5.32 Å². The fourth-order valence-corrected chi connectivity index (χ4v) is 2.83. The van der Waals surface area contributed by atoms with Gasteiger partial charge in [0.05, 0.1) is 0 Å². The van der Waals surface area contributed by atoms with Gasteiger partial charge in [-0.2, -0.15) is 0 Å². The maximum Gasteiger partial charge on any atom is 0.0161 e. The van der Waals surface area contributed by atoms with Crippen LogP contribution >= 0.6 is 0 Å². The number of hydrogen-bond acceptors (Lipinski definition) is 0. The first-order valence-electron chi connectivity index (χ1n) is 6.08. The van der Waals surface area contributed by atoms with Crippen LogP contribution in [-0.4, -0.2) is 13.1 Å². The van der Waals surface area contributed by atoms with Gasteiger partial charge in [-0.05, 0) is 37.5 Å². The third-order valence-electron chi connectivity index (χ3n) is 3.72.